The van der Waals surface area contributed by atoms with Crippen LogP contribution in [0, 0.1) is 12.8 Å². The third-order valence-corrected chi connectivity index (χ3v) is 4.92. The van der Waals surface area contributed by atoms with Gasteiger partial charge in [-0.1, -0.05) is 42.0 Å². The third-order valence-electron chi connectivity index (χ3n) is 4.92. The third kappa shape index (κ3) is 4.11. The van der Waals surface area contributed by atoms with Crippen LogP contribution in [-0.2, 0) is 14.3 Å². The molecule has 1 aliphatic carbocycles. The normalized spacial score (nSPS) is 19.4. The molecule has 0 unspecified atom stereocenters. The van der Waals surface area contributed by atoms with Gasteiger partial charge in [-0.15, -0.1) is 0 Å². The van der Waals surface area contributed by atoms with Crippen molar-refractivity contribution < 1.29 is 19.1 Å². The van der Waals surface area contributed by atoms with Crippen molar-refractivity contribution in [3.63, 3.8) is 0 Å². The number of benzene rings is 2. The number of hydrogen-bond donors (Lipinski definition) is 0. The van der Waals surface area contributed by atoms with Crippen LogP contribution < -0.4 is 4.74 Å². The first-order valence-corrected chi connectivity index (χ1v) is 9.15. The number of ketones is 1. The molecule has 0 N–H and O–H groups in total. The van der Waals surface area contributed by atoms with Gasteiger partial charge < -0.3 is 9.47 Å². The van der Waals surface area contributed by atoms with Crippen LogP contribution >= 0.6 is 0 Å². The second-order valence-corrected chi connectivity index (χ2v) is 6.76. The standard InChI is InChI=1S/C23H24O4/c1-4-27-23(25)22-20(17-9-6-10-19(12-17)26-3)13-18(14-21(22)24)16-8-5-7-15(2)11-16/h5-12,14,20,22H,4,13H2,1-3H3/t20-,22-/m1/s1. The molecule has 0 radical (unpaired) electrons. The zero-order valence-electron chi connectivity index (χ0n) is 15.9. The lowest BCUT2D eigenvalue weighted by Gasteiger charge is -2.29. The zero-order valence-corrected chi connectivity index (χ0v) is 15.9. The molecule has 0 spiro atoms. The first-order valence-electron chi connectivity index (χ1n) is 9.15. The van der Waals surface area contributed by atoms with Crippen LogP contribution in [0.15, 0.2) is 54.6 Å². The molecule has 27 heavy (non-hydrogen) atoms. The van der Waals surface area contributed by atoms with Crippen LogP contribution in [0.2, 0.25) is 0 Å². The largest absolute Gasteiger partial charge is 0.497 e. The van der Waals surface area contributed by atoms with Crippen LogP contribution in [-0.4, -0.2) is 25.5 Å². The lowest BCUT2D eigenvalue weighted by atomic mass is 9.73. The van der Waals surface area contributed by atoms with Gasteiger partial charge in [0.15, 0.2) is 5.78 Å². The van der Waals surface area contributed by atoms with E-state index in [-0.39, 0.29) is 18.3 Å². The number of hydrogen-bond acceptors (Lipinski definition) is 4. The van der Waals surface area contributed by atoms with Gasteiger partial charge in [-0.2, -0.15) is 0 Å². The summed E-state index contributed by atoms with van der Waals surface area (Å²) >= 11 is 0. The van der Waals surface area contributed by atoms with Gasteiger partial charge in [-0.05, 0) is 55.2 Å². The van der Waals surface area contributed by atoms with E-state index in [0.29, 0.717) is 12.2 Å². The summed E-state index contributed by atoms with van der Waals surface area (Å²) in [6.45, 7) is 4.03. The van der Waals surface area contributed by atoms with E-state index in [4.69, 9.17) is 9.47 Å². The molecule has 2 aromatic carbocycles. The van der Waals surface area contributed by atoms with Crippen LogP contribution in [0.3, 0.4) is 0 Å². The van der Waals surface area contributed by atoms with Crippen molar-refractivity contribution in [1.82, 2.24) is 0 Å². The Bertz CT molecular complexity index is 881. The lowest BCUT2D eigenvalue weighted by Crippen LogP contribution is -2.34. The van der Waals surface area contributed by atoms with Gasteiger partial charge in [0.1, 0.15) is 11.7 Å². The number of carbonyl (C=O) groups is 2. The highest BCUT2D eigenvalue weighted by Crippen LogP contribution is 2.41. The first kappa shape index (κ1) is 18.9. The monoisotopic (exact) mass is 364 g/mol. The molecule has 0 aliphatic heterocycles. The quantitative estimate of drug-likeness (QED) is 0.586. The number of aryl methyl sites for hydroxylation is 1. The van der Waals surface area contributed by atoms with Crippen LogP contribution in [0.5, 0.6) is 5.75 Å². The Morgan fingerprint density at radius 3 is 2.63 bits per heavy atom. The summed E-state index contributed by atoms with van der Waals surface area (Å²) in [5.74, 6) is -1.08. The Labute approximate surface area is 159 Å². The SMILES string of the molecule is CCOC(=O)[C@H]1C(=O)C=C(c2cccc(C)c2)C[C@@H]1c1cccc(OC)c1. The summed E-state index contributed by atoms with van der Waals surface area (Å²) in [5, 5.41) is 0. The van der Waals surface area contributed by atoms with E-state index in [2.05, 4.69) is 6.07 Å². The molecule has 1 aliphatic rings. The molecule has 4 nitrogen and oxygen atoms in total. The van der Waals surface area contributed by atoms with Crippen LogP contribution in [0.1, 0.15) is 36.0 Å². The molecule has 4 heteroatoms. The molecular formula is C23H24O4. The molecule has 2 aromatic rings. The Hall–Kier alpha value is -2.88. The Kier molecular flexibility index (Phi) is 5.75. The fourth-order valence-electron chi connectivity index (χ4n) is 3.61. The van der Waals surface area contributed by atoms with Crippen molar-refractivity contribution in [2.45, 2.75) is 26.2 Å². The Morgan fingerprint density at radius 2 is 1.93 bits per heavy atom. The summed E-state index contributed by atoms with van der Waals surface area (Å²) < 4.78 is 10.5. The molecule has 0 fully saturated rings. The molecule has 0 saturated carbocycles. The number of methoxy groups -OCH3 is 1. The Morgan fingerprint density at radius 1 is 1.15 bits per heavy atom. The number of ether oxygens (including phenoxy) is 2. The number of carbonyl (C=O) groups excluding carboxylic acids is 2. The lowest BCUT2D eigenvalue weighted by molar-refractivity contribution is -0.151. The Balaban J connectivity index is 2.04. The highest BCUT2D eigenvalue weighted by molar-refractivity contribution is 6.10. The second kappa shape index (κ2) is 8.21. The van der Waals surface area contributed by atoms with Gasteiger partial charge in [0, 0.05) is 5.92 Å². The average Bonchev–Trinajstić information content (AvgIpc) is 2.67. The van der Waals surface area contributed by atoms with Gasteiger partial charge in [0.05, 0.1) is 13.7 Å². The minimum absolute atomic E-state index is 0.205. The predicted molar refractivity (Wildman–Crippen MR) is 105 cm³/mol. The highest BCUT2D eigenvalue weighted by Gasteiger charge is 2.39. The van der Waals surface area contributed by atoms with E-state index in [1.165, 1.54) is 0 Å². The van der Waals surface area contributed by atoms with Crippen molar-refractivity contribution in [1.29, 1.82) is 0 Å². The maximum Gasteiger partial charge on any atom is 0.317 e. The van der Waals surface area contributed by atoms with E-state index in [1.807, 2.05) is 49.4 Å². The molecule has 0 heterocycles. The van der Waals surface area contributed by atoms with Gasteiger partial charge in [0.2, 0.25) is 0 Å². The fourth-order valence-corrected chi connectivity index (χ4v) is 3.61. The summed E-state index contributed by atoms with van der Waals surface area (Å²) in [5.41, 5.74) is 3.99. The van der Waals surface area contributed by atoms with Crippen molar-refractivity contribution in [3.05, 3.63) is 71.3 Å². The fraction of sp³-hybridized carbons (Fsp3) is 0.304. The van der Waals surface area contributed by atoms with E-state index >= 15 is 0 Å². The molecule has 0 bridgehead atoms. The summed E-state index contributed by atoms with van der Waals surface area (Å²) in [4.78, 5) is 25.4. The van der Waals surface area contributed by atoms with Crippen molar-refractivity contribution in [2.75, 3.05) is 13.7 Å². The molecule has 0 aromatic heterocycles. The first-order chi connectivity index (χ1) is 13.0. The zero-order chi connectivity index (χ0) is 19.4. The molecule has 2 atom stereocenters. The minimum Gasteiger partial charge on any atom is -0.497 e. The highest BCUT2D eigenvalue weighted by atomic mass is 16.5. The van der Waals surface area contributed by atoms with Crippen molar-refractivity contribution in [3.8, 4) is 5.75 Å². The number of esters is 1. The van der Waals surface area contributed by atoms with E-state index in [9.17, 15) is 9.59 Å². The van der Waals surface area contributed by atoms with Crippen molar-refractivity contribution >= 4 is 17.3 Å². The molecule has 0 saturated heterocycles. The maximum absolute atomic E-state index is 12.9. The molecule has 0 amide bonds. The molecule has 140 valence electrons. The van der Waals surface area contributed by atoms with E-state index in [1.54, 1.807) is 20.1 Å². The smallest absolute Gasteiger partial charge is 0.317 e. The summed E-state index contributed by atoms with van der Waals surface area (Å²) in [6, 6.07) is 15.6. The summed E-state index contributed by atoms with van der Waals surface area (Å²) in [6.07, 6.45) is 2.19. The second-order valence-electron chi connectivity index (χ2n) is 6.76. The van der Waals surface area contributed by atoms with Gasteiger partial charge >= 0.3 is 5.97 Å². The predicted octanol–water partition coefficient (Wildman–Crippen LogP) is 4.32. The van der Waals surface area contributed by atoms with Crippen LogP contribution in [0.4, 0.5) is 0 Å². The van der Waals surface area contributed by atoms with Crippen LogP contribution in [0.25, 0.3) is 5.57 Å². The maximum atomic E-state index is 12.9. The van der Waals surface area contributed by atoms with E-state index in [0.717, 1.165) is 22.3 Å². The van der Waals surface area contributed by atoms with E-state index < -0.39 is 11.9 Å². The van der Waals surface area contributed by atoms with Gasteiger partial charge in [-0.3, -0.25) is 9.59 Å². The van der Waals surface area contributed by atoms with Crippen molar-refractivity contribution in [2.24, 2.45) is 5.92 Å². The number of rotatable bonds is 5. The molecule has 3 rings (SSSR count). The van der Waals surface area contributed by atoms with Gasteiger partial charge in [0.25, 0.3) is 0 Å². The minimum atomic E-state index is -0.828. The van der Waals surface area contributed by atoms with Gasteiger partial charge in [-0.25, -0.2) is 0 Å². The molecular weight excluding hydrogens is 340 g/mol. The summed E-state index contributed by atoms with van der Waals surface area (Å²) in [7, 11) is 1.60. The average molecular weight is 364 g/mol. The topological polar surface area (TPSA) is 52.6 Å². The number of allylic oxidation sites excluding steroid dienone is 2.